The molecule has 2 aliphatic rings. The van der Waals surface area contributed by atoms with Crippen LogP contribution in [0.25, 0.3) is 11.1 Å². The van der Waals surface area contributed by atoms with E-state index in [1.54, 1.807) is 38.4 Å². The van der Waals surface area contributed by atoms with Crippen LogP contribution in [0.5, 0.6) is 11.8 Å². The van der Waals surface area contributed by atoms with Gasteiger partial charge in [0.2, 0.25) is 11.8 Å². The van der Waals surface area contributed by atoms with Crippen molar-refractivity contribution < 1.29 is 28.1 Å². The Morgan fingerprint density at radius 1 is 1.10 bits per heavy atom. The summed E-state index contributed by atoms with van der Waals surface area (Å²) >= 11 is 0. The maximum absolute atomic E-state index is 15.1. The number of esters is 1. The summed E-state index contributed by atoms with van der Waals surface area (Å²) in [5.41, 5.74) is 4.10. The number of aromatic nitrogens is 2. The number of halogens is 1. The third kappa shape index (κ3) is 6.21. The summed E-state index contributed by atoms with van der Waals surface area (Å²) in [7, 11) is 0. The fourth-order valence-corrected chi connectivity index (χ4v) is 5.07. The van der Waals surface area contributed by atoms with Crippen molar-refractivity contribution in [1.29, 1.82) is 0 Å². The van der Waals surface area contributed by atoms with Crippen LogP contribution in [0.1, 0.15) is 61.8 Å². The van der Waals surface area contributed by atoms with Gasteiger partial charge in [-0.2, -0.15) is 0 Å². The average molecular weight is 531 g/mol. The highest BCUT2D eigenvalue weighted by molar-refractivity contribution is 5.71. The first-order valence-electron chi connectivity index (χ1n) is 13.3. The number of nitrogens with zero attached hydrogens (tertiary/aromatic N) is 2. The summed E-state index contributed by atoms with van der Waals surface area (Å²) in [6.45, 7) is 5.11. The van der Waals surface area contributed by atoms with Crippen molar-refractivity contribution in [3.05, 3.63) is 71.3 Å². The molecule has 0 radical (unpaired) electrons. The smallest absolute Gasteiger partial charge is 0.307 e. The SMILES string of the molecule is CC#CC(CC(=O)OCC)c1ccc(O[C@@H]2CCc3c(-c4ccc(O[C@@H]5CCOC5)nc4)ccc(F)c32)nc1. The Bertz CT molecular complexity index is 1360. The van der Waals surface area contributed by atoms with Crippen LogP contribution in [0.3, 0.4) is 0 Å². The molecular formula is C31H31FN2O5. The van der Waals surface area contributed by atoms with Gasteiger partial charge >= 0.3 is 5.97 Å². The van der Waals surface area contributed by atoms with Crippen LogP contribution in [-0.2, 0) is 20.7 Å². The molecule has 202 valence electrons. The monoisotopic (exact) mass is 530 g/mol. The lowest BCUT2D eigenvalue weighted by Gasteiger charge is -2.17. The van der Waals surface area contributed by atoms with Crippen LogP contribution in [0, 0.1) is 17.7 Å². The van der Waals surface area contributed by atoms with E-state index in [-0.39, 0.29) is 30.2 Å². The van der Waals surface area contributed by atoms with E-state index in [4.69, 9.17) is 18.9 Å². The van der Waals surface area contributed by atoms with Crippen molar-refractivity contribution >= 4 is 5.97 Å². The van der Waals surface area contributed by atoms with Crippen molar-refractivity contribution in [2.24, 2.45) is 0 Å². The van der Waals surface area contributed by atoms with Gasteiger partial charge in [0.05, 0.1) is 32.2 Å². The van der Waals surface area contributed by atoms with E-state index in [1.807, 2.05) is 18.2 Å². The third-order valence-corrected chi connectivity index (χ3v) is 6.92. The molecule has 0 N–H and O–H groups in total. The second-order valence-electron chi connectivity index (χ2n) is 9.51. The van der Waals surface area contributed by atoms with Gasteiger partial charge in [-0.25, -0.2) is 14.4 Å². The fourth-order valence-electron chi connectivity index (χ4n) is 5.07. The Morgan fingerprint density at radius 3 is 2.62 bits per heavy atom. The van der Waals surface area contributed by atoms with Crippen molar-refractivity contribution in [3.8, 4) is 34.7 Å². The molecule has 1 unspecified atom stereocenters. The minimum absolute atomic E-state index is 0.0297. The van der Waals surface area contributed by atoms with Crippen molar-refractivity contribution in [2.75, 3.05) is 19.8 Å². The number of hydrogen-bond donors (Lipinski definition) is 0. The first-order chi connectivity index (χ1) is 19.1. The zero-order chi connectivity index (χ0) is 27.2. The molecular weight excluding hydrogens is 499 g/mol. The third-order valence-electron chi connectivity index (χ3n) is 6.92. The lowest BCUT2D eigenvalue weighted by molar-refractivity contribution is -0.143. The quantitative estimate of drug-likeness (QED) is 0.264. The molecule has 39 heavy (non-hydrogen) atoms. The maximum atomic E-state index is 15.1. The first kappa shape index (κ1) is 26.6. The van der Waals surface area contributed by atoms with Crippen LogP contribution in [0.15, 0.2) is 48.8 Å². The van der Waals surface area contributed by atoms with Crippen LogP contribution in [0.2, 0.25) is 0 Å². The molecule has 5 rings (SSSR count). The predicted molar refractivity (Wildman–Crippen MR) is 143 cm³/mol. The molecule has 0 saturated carbocycles. The molecule has 0 amide bonds. The molecule has 3 aromatic rings. The van der Waals surface area contributed by atoms with Gasteiger partial charge in [-0.15, -0.1) is 5.92 Å². The Labute approximate surface area is 227 Å². The molecule has 1 saturated heterocycles. The summed E-state index contributed by atoms with van der Waals surface area (Å²) in [5.74, 6) is 5.93. The molecule has 1 aliphatic carbocycles. The first-order valence-corrected chi connectivity index (χ1v) is 13.3. The fraction of sp³-hybridized carbons (Fsp3) is 0.387. The van der Waals surface area contributed by atoms with Gasteiger partial charge < -0.3 is 18.9 Å². The van der Waals surface area contributed by atoms with Crippen LogP contribution in [0.4, 0.5) is 4.39 Å². The normalized spacial score (nSPS) is 18.5. The number of ether oxygens (including phenoxy) is 4. The maximum Gasteiger partial charge on any atom is 0.307 e. The van der Waals surface area contributed by atoms with E-state index in [9.17, 15) is 4.79 Å². The van der Waals surface area contributed by atoms with Gasteiger partial charge in [-0.05, 0) is 55.5 Å². The van der Waals surface area contributed by atoms with Gasteiger partial charge in [0.25, 0.3) is 0 Å². The zero-order valence-electron chi connectivity index (χ0n) is 22.1. The Hall–Kier alpha value is -3.96. The minimum Gasteiger partial charge on any atom is -0.472 e. The molecule has 0 bridgehead atoms. The van der Waals surface area contributed by atoms with Gasteiger partial charge in [-0.3, -0.25) is 4.79 Å². The number of rotatable bonds is 9. The molecule has 2 aromatic heterocycles. The van der Waals surface area contributed by atoms with E-state index in [2.05, 4.69) is 21.8 Å². The van der Waals surface area contributed by atoms with Crippen molar-refractivity contribution in [2.45, 2.75) is 57.7 Å². The minimum atomic E-state index is -0.456. The molecule has 3 atom stereocenters. The number of hydrogen-bond acceptors (Lipinski definition) is 7. The van der Waals surface area contributed by atoms with Gasteiger partial charge in [0, 0.05) is 42.1 Å². The second-order valence-corrected chi connectivity index (χ2v) is 9.51. The van der Waals surface area contributed by atoms with E-state index in [0.717, 1.165) is 28.7 Å². The molecule has 7 nitrogen and oxygen atoms in total. The number of carbonyl (C=O) groups excluding carboxylic acids is 1. The van der Waals surface area contributed by atoms with E-state index >= 15 is 4.39 Å². The van der Waals surface area contributed by atoms with Crippen molar-refractivity contribution in [3.63, 3.8) is 0 Å². The molecule has 3 heterocycles. The highest BCUT2D eigenvalue weighted by Gasteiger charge is 2.31. The molecule has 8 heteroatoms. The molecule has 1 aliphatic heterocycles. The number of pyridine rings is 2. The second kappa shape index (κ2) is 12.3. The van der Waals surface area contributed by atoms with E-state index in [1.165, 1.54) is 6.07 Å². The van der Waals surface area contributed by atoms with Crippen molar-refractivity contribution in [1.82, 2.24) is 9.97 Å². The van der Waals surface area contributed by atoms with E-state index in [0.29, 0.717) is 50.0 Å². The Balaban J connectivity index is 1.30. The van der Waals surface area contributed by atoms with E-state index < -0.39 is 6.10 Å². The number of carbonyl (C=O) groups is 1. The zero-order valence-corrected chi connectivity index (χ0v) is 22.1. The number of benzene rings is 1. The summed E-state index contributed by atoms with van der Waals surface area (Å²) in [6.07, 6.45) is 5.31. The highest BCUT2D eigenvalue weighted by atomic mass is 19.1. The highest BCUT2D eigenvalue weighted by Crippen LogP contribution is 2.41. The number of fused-ring (bicyclic) bond motifs is 1. The van der Waals surface area contributed by atoms with Crippen LogP contribution >= 0.6 is 0 Å². The molecule has 0 spiro atoms. The molecule has 1 aromatic carbocycles. The summed E-state index contributed by atoms with van der Waals surface area (Å²) in [4.78, 5) is 20.9. The van der Waals surface area contributed by atoms with Gasteiger partial charge in [-0.1, -0.05) is 18.1 Å². The summed E-state index contributed by atoms with van der Waals surface area (Å²) < 4.78 is 37.5. The average Bonchev–Trinajstić information content (AvgIpc) is 3.61. The lowest BCUT2D eigenvalue weighted by Crippen LogP contribution is -2.16. The Morgan fingerprint density at radius 2 is 1.92 bits per heavy atom. The largest absolute Gasteiger partial charge is 0.472 e. The standard InChI is InChI=1S/C31H31FN2O5/c1-3-5-20(16-30(35)37-4-2)21-6-12-29(33-17-21)39-27-11-9-25-24(8-10-26(32)31(25)27)22-7-13-28(34-18-22)38-23-14-15-36-19-23/h6-8,10,12-13,17-18,20,23,27H,4,9,11,14-16,19H2,1-2H3/t20?,23-,27-/m1/s1. The van der Waals surface area contributed by atoms with Crippen LogP contribution < -0.4 is 9.47 Å². The topological polar surface area (TPSA) is 79.8 Å². The molecule has 1 fully saturated rings. The van der Waals surface area contributed by atoms with Gasteiger partial charge in [0.15, 0.2) is 0 Å². The predicted octanol–water partition coefficient (Wildman–Crippen LogP) is 5.58. The summed E-state index contributed by atoms with van der Waals surface area (Å²) in [6, 6.07) is 10.7. The van der Waals surface area contributed by atoms with Crippen LogP contribution in [-0.4, -0.2) is 41.9 Å². The summed E-state index contributed by atoms with van der Waals surface area (Å²) in [5, 5.41) is 0. The lowest BCUT2D eigenvalue weighted by atomic mass is 9.97. The Kier molecular flexibility index (Phi) is 8.38. The van der Waals surface area contributed by atoms with Gasteiger partial charge in [0.1, 0.15) is 18.0 Å².